The third-order valence-electron chi connectivity index (χ3n) is 3.05. The third-order valence-corrected chi connectivity index (χ3v) is 3.05. The topological polar surface area (TPSA) is 58.6 Å². The molecule has 0 bridgehead atoms. The van der Waals surface area contributed by atoms with Crippen molar-refractivity contribution < 1.29 is 14.6 Å². The van der Waals surface area contributed by atoms with Gasteiger partial charge in [0.25, 0.3) is 0 Å². The normalized spacial score (nSPS) is 12.1. The molecule has 0 radical (unpaired) electrons. The van der Waals surface area contributed by atoms with Crippen molar-refractivity contribution in [1.29, 1.82) is 0 Å². The smallest absolute Gasteiger partial charge is 0.314 e. The molecule has 1 atom stereocenters. The van der Waals surface area contributed by atoms with Crippen LogP contribution in [0, 0.1) is 0 Å². The maximum Gasteiger partial charge on any atom is 0.314 e. The molecular weight excluding hydrogens is 242 g/mol. The molecule has 1 aromatic carbocycles. The lowest BCUT2D eigenvalue weighted by molar-refractivity contribution is -0.142. The lowest BCUT2D eigenvalue weighted by Crippen LogP contribution is -2.28. The number of esters is 1. The van der Waals surface area contributed by atoms with E-state index < -0.39 is 0 Å². The second-order valence-corrected chi connectivity index (χ2v) is 4.47. The van der Waals surface area contributed by atoms with Crippen molar-refractivity contribution >= 4 is 5.97 Å². The molecule has 0 saturated heterocycles. The van der Waals surface area contributed by atoms with Crippen molar-refractivity contribution in [1.82, 2.24) is 5.32 Å². The van der Waals surface area contributed by atoms with Gasteiger partial charge in [0.05, 0.1) is 13.0 Å². The number of unbranched alkanes of at least 4 members (excludes halogenated alkanes) is 2. The molecule has 2 N–H and O–H groups in total. The second-order valence-electron chi connectivity index (χ2n) is 4.47. The Kier molecular flexibility index (Phi) is 7.86. The Labute approximate surface area is 114 Å². The molecule has 0 aliphatic carbocycles. The molecule has 0 heterocycles. The number of carbonyl (C=O) groups excluding carboxylic acids is 1. The minimum Gasteiger partial charge on any atom is -0.469 e. The van der Waals surface area contributed by atoms with Crippen LogP contribution in [-0.2, 0) is 9.53 Å². The predicted octanol–water partition coefficient (Wildman–Crippen LogP) is 1.70. The van der Waals surface area contributed by atoms with Crippen molar-refractivity contribution in [3.8, 4) is 0 Å². The summed E-state index contributed by atoms with van der Waals surface area (Å²) in [5, 5.41) is 12.0. The predicted molar refractivity (Wildman–Crippen MR) is 75.0 cm³/mol. The summed E-state index contributed by atoms with van der Waals surface area (Å²) < 4.78 is 4.85. The lowest BCUT2D eigenvalue weighted by atomic mass is 9.99. The Bertz CT molecular complexity index is 354. The second kappa shape index (κ2) is 9.53. The summed E-state index contributed by atoms with van der Waals surface area (Å²) in [7, 11) is 1.42. The van der Waals surface area contributed by atoms with Crippen LogP contribution in [0.1, 0.15) is 30.7 Å². The van der Waals surface area contributed by atoms with Gasteiger partial charge in [-0.05, 0) is 31.4 Å². The van der Waals surface area contributed by atoms with E-state index in [1.807, 2.05) is 30.3 Å². The Hall–Kier alpha value is -1.39. The zero-order valence-corrected chi connectivity index (χ0v) is 11.5. The van der Waals surface area contributed by atoms with Gasteiger partial charge < -0.3 is 15.2 Å². The molecule has 1 aromatic rings. The highest BCUT2D eigenvalue weighted by Crippen LogP contribution is 2.16. The summed E-state index contributed by atoms with van der Waals surface area (Å²) >= 11 is 0. The van der Waals surface area contributed by atoms with Crippen LogP contribution in [0.25, 0.3) is 0 Å². The Morgan fingerprint density at radius 2 is 2.00 bits per heavy atom. The molecule has 0 fully saturated rings. The van der Waals surface area contributed by atoms with Gasteiger partial charge in [-0.2, -0.15) is 0 Å². The molecule has 0 saturated carbocycles. The highest BCUT2D eigenvalue weighted by atomic mass is 16.5. The highest BCUT2D eigenvalue weighted by molar-refractivity contribution is 5.78. The van der Waals surface area contributed by atoms with E-state index in [9.17, 15) is 4.79 Å². The molecular formula is C15H23NO3. The molecule has 4 heteroatoms. The van der Waals surface area contributed by atoms with E-state index in [2.05, 4.69) is 5.32 Å². The lowest BCUT2D eigenvalue weighted by Gasteiger charge is -2.15. The van der Waals surface area contributed by atoms with Gasteiger partial charge in [0.1, 0.15) is 0 Å². The molecule has 4 nitrogen and oxygen atoms in total. The molecule has 1 rings (SSSR count). The molecule has 0 amide bonds. The van der Waals surface area contributed by atoms with Gasteiger partial charge in [-0.1, -0.05) is 30.3 Å². The molecule has 0 aliphatic heterocycles. The number of nitrogens with one attached hydrogen (secondary N) is 1. The summed E-state index contributed by atoms with van der Waals surface area (Å²) in [4.78, 5) is 11.8. The zero-order chi connectivity index (χ0) is 13.9. The number of aliphatic hydroxyl groups is 1. The van der Waals surface area contributed by atoms with E-state index in [0.717, 1.165) is 31.4 Å². The first kappa shape index (κ1) is 15.7. The first-order chi connectivity index (χ1) is 9.29. The number of rotatable bonds is 9. The van der Waals surface area contributed by atoms with E-state index in [0.29, 0.717) is 6.54 Å². The van der Waals surface area contributed by atoms with E-state index in [1.165, 1.54) is 7.11 Å². The number of aliphatic hydroxyl groups excluding tert-OH is 1. The van der Waals surface area contributed by atoms with Crippen LogP contribution in [0.2, 0.25) is 0 Å². The van der Waals surface area contributed by atoms with Gasteiger partial charge in [-0.3, -0.25) is 4.79 Å². The molecule has 106 valence electrons. The van der Waals surface area contributed by atoms with Gasteiger partial charge in [-0.25, -0.2) is 0 Å². The molecule has 1 unspecified atom stereocenters. The van der Waals surface area contributed by atoms with Crippen LogP contribution in [0.5, 0.6) is 0 Å². The number of methoxy groups -OCH3 is 1. The van der Waals surface area contributed by atoms with Crippen LogP contribution >= 0.6 is 0 Å². The van der Waals surface area contributed by atoms with E-state index in [-0.39, 0.29) is 18.5 Å². The van der Waals surface area contributed by atoms with Crippen LogP contribution in [0.3, 0.4) is 0 Å². The van der Waals surface area contributed by atoms with Crippen LogP contribution in [0.4, 0.5) is 0 Å². The van der Waals surface area contributed by atoms with Gasteiger partial charge in [-0.15, -0.1) is 0 Å². The number of ether oxygens (including phenoxy) is 1. The third kappa shape index (κ3) is 5.85. The van der Waals surface area contributed by atoms with Crippen molar-refractivity contribution in [3.05, 3.63) is 35.9 Å². The van der Waals surface area contributed by atoms with Crippen LogP contribution in [-0.4, -0.2) is 37.9 Å². The number of benzene rings is 1. The average Bonchev–Trinajstić information content (AvgIpc) is 2.47. The summed E-state index contributed by atoms with van der Waals surface area (Å²) in [5.41, 5.74) is 0.970. The van der Waals surface area contributed by atoms with E-state index >= 15 is 0 Å². The summed E-state index contributed by atoms with van der Waals surface area (Å²) in [6.45, 7) is 1.67. The quantitative estimate of drug-likeness (QED) is 0.527. The molecule has 0 aliphatic rings. The fraction of sp³-hybridized carbons (Fsp3) is 0.533. The largest absolute Gasteiger partial charge is 0.469 e. The maximum absolute atomic E-state index is 11.8. The van der Waals surface area contributed by atoms with Crippen LogP contribution < -0.4 is 5.32 Å². The standard InChI is InChI=1S/C15H23NO3/c1-19-15(18)14(13-8-4-2-5-9-13)12-16-10-6-3-7-11-17/h2,4-5,8-9,14,16-17H,3,6-7,10-12H2,1H3. The van der Waals surface area contributed by atoms with Crippen molar-refractivity contribution in [2.24, 2.45) is 0 Å². The first-order valence-corrected chi connectivity index (χ1v) is 6.74. The highest BCUT2D eigenvalue weighted by Gasteiger charge is 2.20. The maximum atomic E-state index is 11.8. The Balaban J connectivity index is 2.41. The Morgan fingerprint density at radius 1 is 1.26 bits per heavy atom. The molecule has 0 aromatic heterocycles. The zero-order valence-electron chi connectivity index (χ0n) is 11.5. The first-order valence-electron chi connectivity index (χ1n) is 6.74. The number of hydrogen-bond donors (Lipinski definition) is 2. The van der Waals surface area contributed by atoms with Gasteiger partial charge in [0, 0.05) is 13.2 Å². The summed E-state index contributed by atoms with van der Waals surface area (Å²) in [5.74, 6) is -0.474. The van der Waals surface area contributed by atoms with E-state index in [1.54, 1.807) is 0 Å². The van der Waals surface area contributed by atoms with Gasteiger partial charge >= 0.3 is 5.97 Å². The molecule has 19 heavy (non-hydrogen) atoms. The number of carbonyl (C=O) groups is 1. The van der Waals surface area contributed by atoms with Gasteiger partial charge in [0.2, 0.25) is 0 Å². The van der Waals surface area contributed by atoms with Crippen molar-refractivity contribution in [3.63, 3.8) is 0 Å². The number of hydrogen-bond acceptors (Lipinski definition) is 4. The van der Waals surface area contributed by atoms with Crippen LogP contribution in [0.15, 0.2) is 30.3 Å². The van der Waals surface area contributed by atoms with E-state index in [4.69, 9.17) is 9.84 Å². The molecule has 0 spiro atoms. The SMILES string of the molecule is COC(=O)C(CNCCCCCO)c1ccccc1. The van der Waals surface area contributed by atoms with Gasteiger partial charge in [0.15, 0.2) is 0 Å². The monoisotopic (exact) mass is 265 g/mol. The minimum absolute atomic E-state index is 0.214. The fourth-order valence-electron chi connectivity index (χ4n) is 1.95. The van der Waals surface area contributed by atoms with Crippen molar-refractivity contribution in [2.75, 3.05) is 26.8 Å². The minimum atomic E-state index is -0.260. The fourth-order valence-corrected chi connectivity index (χ4v) is 1.95. The summed E-state index contributed by atoms with van der Waals surface area (Å²) in [6, 6.07) is 9.66. The van der Waals surface area contributed by atoms with Crippen molar-refractivity contribution in [2.45, 2.75) is 25.2 Å². The average molecular weight is 265 g/mol. The Morgan fingerprint density at radius 3 is 2.63 bits per heavy atom. The summed E-state index contributed by atoms with van der Waals surface area (Å²) in [6.07, 6.45) is 2.84.